The zero-order valence-corrected chi connectivity index (χ0v) is 6.18. The van der Waals surface area contributed by atoms with Crippen molar-refractivity contribution in [3.8, 4) is 0 Å². The van der Waals surface area contributed by atoms with Crippen LogP contribution in [0.3, 0.4) is 0 Å². The second-order valence-electron chi connectivity index (χ2n) is 1.87. The lowest BCUT2D eigenvalue weighted by Crippen LogP contribution is -1.65. The number of nitrogens with zero attached hydrogens (tertiary/aromatic N) is 2. The van der Waals surface area contributed by atoms with Gasteiger partial charge in [-0.3, -0.25) is 0 Å². The lowest BCUT2D eigenvalue weighted by Gasteiger charge is -1.76. The standard InChI is InChI=1S/C7H12N2/c1-7(2)5-4-6-9-8-3/h4H,6H2,1-3H3. The van der Waals surface area contributed by atoms with Gasteiger partial charge in [0.05, 0.1) is 6.54 Å². The molecule has 0 heterocycles. The van der Waals surface area contributed by atoms with Crippen LogP contribution in [0.15, 0.2) is 27.6 Å². The largest absolute Gasteiger partial charge is 0.197 e. The van der Waals surface area contributed by atoms with Gasteiger partial charge in [-0.2, -0.15) is 10.2 Å². The van der Waals surface area contributed by atoms with Crippen molar-refractivity contribution < 1.29 is 0 Å². The molecule has 2 heteroatoms. The molecule has 9 heavy (non-hydrogen) atoms. The summed E-state index contributed by atoms with van der Waals surface area (Å²) < 4.78 is 0. The molecular formula is C7H12N2. The Morgan fingerprint density at radius 2 is 2.22 bits per heavy atom. The zero-order chi connectivity index (χ0) is 7.11. The number of rotatable bonds is 2. The molecule has 0 aliphatic heterocycles. The molecule has 50 valence electrons. The molecule has 0 atom stereocenters. The predicted octanol–water partition coefficient (Wildman–Crippen LogP) is 2.19. The number of hydrogen-bond acceptors (Lipinski definition) is 2. The molecule has 0 aliphatic rings. The van der Waals surface area contributed by atoms with E-state index in [1.807, 2.05) is 19.9 Å². The van der Waals surface area contributed by atoms with E-state index in [0.717, 1.165) is 0 Å². The van der Waals surface area contributed by atoms with Crippen molar-refractivity contribution in [3.63, 3.8) is 0 Å². The maximum absolute atomic E-state index is 3.74. The highest BCUT2D eigenvalue weighted by atomic mass is 15.1. The van der Waals surface area contributed by atoms with E-state index < -0.39 is 0 Å². The fraction of sp³-hybridized carbons (Fsp3) is 0.571. The minimum absolute atomic E-state index is 0.641. The van der Waals surface area contributed by atoms with E-state index in [4.69, 9.17) is 0 Å². The Morgan fingerprint density at radius 3 is 2.67 bits per heavy atom. The van der Waals surface area contributed by atoms with E-state index >= 15 is 0 Å². The van der Waals surface area contributed by atoms with Gasteiger partial charge in [0.2, 0.25) is 0 Å². The second-order valence-corrected chi connectivity index (χ2v) is 1.87. The average molecular weight is 124 g/mol. The Labute approximate surface area is 56.0 Å². The van der Waals surface area contributed by atoms with Gasteiger partial charge in [0.15, 0.2) is 0 Å². The lowest BCUT2D eigenvalue weighted by atomic mass is 10.4. The van der Waals surface area contributed by atoms with Crippen LogP contribution in [-0.2, 0) is 0 Å². The minimum atomic E-state index is 0.641. The smallest absolute Gasteiger partial charge is 0.0853 e. The molecule has 0 rings (SSSR count). The predicted molar refractivity (Wildman–Crippen MR) is 38.6 cm³/mol. The molecule has 0 spiro atoms. The molecular weight excluding hydrogens is 112 g/mol. The van der Waals surface area contributed by atoms with Crippen LogP contribution in [0.4, 0.5) is 0 Å². The first kappa shape index (κ1) is 8.12. The van der Waals surface area contributed by atoms with Crippen LogP contribution in [0, 0.1) is 0 Å². The third-order valence-corrected chi connectivity index (χ3v) is 0.705. The summed E-state index contributed by atoms with van der Waals surface area (Å²) in [4.78, 5) is 0. The quantitative estimate of drug-likeness (QED) is 0.398. The molecule has 0 aromatic rings. The topological polar surface area (TPSA) is 24.7 Å². The summed E-state index contributed by atoms with van der Waals surface area (Å²) in [7, 11) is 1.66. The number of azo groups is 1. The Kier molecular flexibility index (Phi) is 4.75. The van der Waals surface area contributed by atoms with Crippen molar-refractivity contribution in [2.45, 2.75) is 13.8 Å². The number of hydrogen-bond donors (Lipinski definition) is 0. The molecule has 0 unspecified atom stereocenters. The highest BCUT2D eigenvalue weighted by molar-refractivity contribution is 4.94. The van der Waals surface area contributed by atoms with Crippen LogP contribution in [0.1, 0.15) is 13.8 Å². The van der Waals surface area contributed by atoms with Crippen LogP contribution in [0.2, 0.25) is 0 Å². The molecule has 2 nitrogen and oxygen atoms in total. The molecule has 0 fully saturated rings. The highest BCUT2D eigenvalue weighted by Crippen LogP contribution is 1.82. The zero-order valence-electron chi connectivity index (χ0n) is 6.18. The summed E-state index contributed by atoms with van der Waals surface area (Å²) in [5.74, 6) is 0. The van der Waals surface area contributed by atoms with E-state index in [9.17, 15) is 0 Å². The molecule has 0 amide bonds. The molecule has 0 aromatic heterocycles. The lowest BCUT2D eigenvalue weighted by molar-refractivity contribution is 1.03. The van der Waals surface area contributed by atoms with Crippen LogP contribution in [0.5, 0.6) is 0 Å². The van der Waals surface area contributed by atoms with Crippen LogP contribution in [-0.4, -0.2) is 13.6 Å². The van der Waals surface area contributed by atoms with E-state index in [1.165, 1.54) is 5.57 Å². The van der Waals surface area contributed by atoms with E-state index in [-0.39, 0.29) is 0 Å². The minimum Gasteiger partial charge on any atom is -0.197 e. The Bertz CT molecular complexity index is 146. The summed E-state index contributed by atoms with van der Waals surface area (Å²) in [5, 5.41) is 7.31. The first-order valence-corrected chi connectivity index (χ1v) is 2.91. The van der Waals surface area contributed by atoms with Crippen molar-refractivity contribution >= 4 is 0 Å². The fourth-order valence-corrected chi connectivity index (χ4v) is 0.372. The molecule has 0 saturated heterocycles. The Morgan fingerprint density at radius 1 is 1.56 bits per heavy atom. The van der Waals surface area contributed by atoms with Gasteiger partial charge in [0.25, 0.3) is 0 Å². The first-order valence-electron chi connectivity index (χ1n) is 2.91. The van der Waals surface area contributed by atoms with Gasteiger partial charge >= 0.3 is 0 Å². The normalized spacial score (nSPS) is 9.22. The molecule has 0 aromatic carbocycles. The molecule has 0 N–H and O–H groups in total. The maximum Gasteiger partial charge on any atom is 0.0853 e. The molecule has 0 saturated carbocycles. The first-order chi connectivity index (χ1) is 4.27. The van der Waals surface area contributed by atoms with Gasteiger partial charge in [0, 0.05) is 7.05 Å². The van der Waals surface area contributed by atoms with Gasteiger partial charge < -0.3 is 0 Å². The summed E-state index contributed by atoms with van der Waals surface area (Å²) >= 11 is 0. The summed E-state index contributed by atoms with van der Waals surface area (Å²) in [6.07, 6.45) is 1.86. The van der Waals surface area contributed by atoms with E-state index in [2.05, 4.69) is 16.0 Å². The second kappa shape index (κ2) is 5.26. The summed E-state index contributed by atoms with van der Waals surface area (Å²) in [6.45, 7) is 4.64. The Balaban J connectivity index is 3.61. The van der Waals surface area contributed by atoms with Gasteiger partial charge in [-0.25, -0.2) is 0 Å². The SMILES string of the molecule is CN=NCC=C=C(C)C. The van der Waals surface area contributed by atoms with Gasteiger partial charge in [0.1, 0.15) is 0 Å². The maximum atomic E-state index is 3.74. The van der Waals surface area contributed by atoms with Crippen molar-refractivity contribution in [3.05, 3.63) is 17.4 Å². The van der Waals surface area contributed by atoms with Crippen LogP contribution in [0.25, 0.3) is 0 Å². The van der Waals surface area contributed by atoms with Gasteiger partial charge in [-0.1, -0.05) is 0 Å². The van der Waals surface area contributed by atoms with Gasteiger partial charge in [-0.15, -0.1) is 5.73 Å². The van der Waals surface area contributed by atoms with Crippen molar-refractivity contribution in [1.29, 1.82) is 0 Å². The van der Waals surface area contributed by atoms with E-state index in [0.29, 0.717) is 6.54 Å². The van der Waals surface area contributed by atoms with Gasteiger partial charge in [-0.05, 0) is 25.5 Å². The third kappa shape index (κ3) is 7.12. The van der Waals surface area contributed by atoms with Crippen molar-refractivity contribution in [1.82, 2.24) is 0 Å². The Hall–Kier alpha value is -0.880. The van der Waals surface area contributed by atoms with Crippen molar-refractivity contribution in [2.75, 3.05) is 13.6 Å². The molecule has 0 radical (unpaired) electrons. The monoisotopic (exact) mass is 124 g/mol. The molecule has 0 bridgehead atoms. The van der Waals surface area contributed by atoms with Crippen LogP contribution >= 0.6 is 0 Å². The average Bonchev–Trinajstić information content (AvgIpc) is 1.80. The fourth-order valence-electron chi connectivity index (χ4n) is 0.372. The van der Waals surface area contributed by atoms with E-state index in [1.54, 1.807) is 7.05 Å². The third-order valence-electron chi connectivity index (χ3n) is 0.705. The summed E-state index contributed by atoms with van der Waals surface area (Å²) in [6, 6.07) is 0. The highest BCUT2D eigenvalue weighted by Gasteiger charge is 1.68. The molecule has 0 aliphatic carbocycles. The van der Waals surface area contributed by atoms with Crippen molar-refractivity contribution in [2.24, 2.45) is 10.2 Å². The summed E-state index contributed by atoms with van der Waals surface area (Å²) in [5.41, 5.74) is 4.19. The van der Waals surface area contributed by atoms with Crippen LogP contribution < -0.4 is 0 Å².